The van der Waals surface area contributed by atoms with E-state index in [0.29, 0.717) is 5.69 Å². The Labute approximate surface area is 137 Å². The number of amides is 1. The molecule has 1 amide bonds. The topological polar surface area (TPSA) is 93.5 Å². The van der Waals surface area contributed by atoms with Crippen LogP contribution in [-0.2, 0) is 15.0 Å². The summed E-state index contributed by atoms with van der Waals surface area (Å²) in [6, 6.07) is 7.53. The van der Waals surface area contributed by atoms with Crippen LogP contribution in [-0.4, -0.2) is 50.1 Å². The lowest BCUT2D eigenvalue weighted by atomic mass is 10.1. The number of aryl methyl sites for hydroxylation is 2. The van der Waals surface area contributed by atoms with Crippen LogP contribution < -0.4 is 5.32 Å². The number of benzene rings is 1. The standard InChI is InChI=1S/C15H22N4O3S/c1-12-7-5-8-13(2)15(12)17-14(20)11-19(4)23(21,22)18(3)10-6-9-16/h5,7-8H,6,10-11H2,1-4H3,(H,17,20). The third-order valence-corrected chi connectivity index (χ3v) is 5.33. The average Bonchev–Trinajstić information content (AvgIpc) is 2.48. The highest BCUT2D eigenvalue weighted by Crippen LogP contribution is 2.19. The molecular weight excluding hydrogens is 316 g/mol. The Morgan fingerprint density at radius 2 is 1.78 bits per heavy atom. The minimum atomic E-state index is -3.76. The van der Waals surface area contributed by atoms with Crippen LogP contribution in [0.4, 0.5) is 5.69 Å². The molecule has 0 saturated carbocycles. The van der Waals surface area contributed by atoms with Gasteiger partial charge in [0.05, 0.1) is 12.6 Å². The maximum absolute atomic E-state index is 12.2. The minimum absolute atomic E-state index is 0.0850. The fourth-order valence-electron chi connectivity index (χ4n) is 2.04. The smallest absolute Gasteiger partial charge is 0.281 e. The van der Waals surface area contributed by atoms with Crippen LogP contribution in [0.2, 0.25) is 0 Å². The number of nitrogens with zero attached hydrogens (tertiary/aromatic N) is 3. The van der Waals surface area contributed by atoms with Crippen molar-refractivity contribution in [2.75, 3.05) is 32.5 Å². The largest absolute Gasteiger partial charge is 0.324 e. The summed E-state index contributed by atoms with van der Waals surface area (Å²) in [6.45, 7) is 3.53. The van der Waals surface area contributed by atoms with E-state index < -0.39 is 16.1 Å². The Morgan fingerprint density at radius 3 is 2.30 bits per heavy atom. The van der Waals surface area contributed by atoms with E-state index in [-0.39, 0.29) is 19.5 Å². The molecule has 0 atom stereocenters. The summed E-state index contributed by atoms with van der Waals surface area (Å²) in [5.41, 5.74) is 2.52. The molecule has 0 heterocycles. The Balaban J connectivity index is 2.75. The summed E-state index contributed by atoms with van der Waals surface area (Å²) in [5, 5.41) is 11.3. The molecule has 0 aromatic heterocycles. The lowest BCUT2D eigenvalue weighted by molar-refractivity contribution is -0.116. The first-order chi connectivity index (χ1) is 10.7. The van der Waals surface area contributed by atoms with Crippen molar-refractivity contribution in [3.63, 3.8) is 0 Å². The van der Waals surface area contributed by atoms with E-state index in [1.54, 1.807) is 0 Å². The third-order valence-electron chi connectivity index (χ3n) is 3.44. The number of rotatable bonds is 7. The van der Waals surface area contributed by atoms with Gasteiger partial charge in [0.2, 0.25) is 5.91 Å². The van der Waals surface area contributed by atoms with Gasteiger partial charge in [-0.25, -0.2) is 0 Å². The molecule has 0 fully saturated rings. The molecule has 126 valence electrons. The molecule has 1 aromatic carbocycles. The number of carbonyl (C=O) groups excluding carboxylic acids is 1. The molecule has 0 aliphatic rings. The molecule has 8 heteroatoms. The number of anilines is 1. The second-order valence-electron chi connectivity index (χ2n) is 5.31. The van der Waals surface area contributed by atoms with E-state index in [1.807, 2.05) is 38.1 Å². The second kappa shape index (κ2) is 8.06. The van der Waals surface area contributed by atoms with E-state index in [9.17, 15) is 13.2 Å². The Bertz CT molecular complexity index is 690. The van der Waals surface area contributed by atoms with Crippen molar-refractivity contribution < 1.29 is 13.2 Å². The predicted molar refractivity (Wildman–Crippen MR) is 89.0 cm³/mol. The van der Waals surface area contributed by atoms with Gasteiger partial charge in [-0.2, -0.15) is 22.3 Å². The van der Waals surface area contributed by atoms with Crippen molar-refractivity contribution in [2.45, 2.75) is 20.3 Å². The highest BCUT2D eigenvalue weighted by atomic mass is 32.2. The normalized spacial score (nSPS) is 11.5. The van der Waals surface area contributed by atoms with Gasteiger partial charge < -0.3 is 5.32 Å². The van der Waals surface area contributed by atoms with Crippen molar-refractivity contribution >= 4 is 21.8 Å². The van der Waals surface area contributed by atoms with E-state index in [0.717, 1.165) is 19.7 Å². The van der Waals surface area contributed by atoms with Crippen molar-refractivity contribution in [2.24, 2.45) is 0 Å². The molecule has 23 heavy (non-hydrogen) atoms. The van der Waals surface area contributed by atoms with Crippen LogP contribution in [0.1, 0.15) is 17.5 Å². The van der Waals surface area contributed by atoms with E-state index >= 15 is 0 Å². The third kappa shape index (κ3) is 5.03. The van der Waals surface area contributed by atoms with Crippen LogP contribution in [0, 0.1) is 25.2 Å². The number of nitrogens with one attached hydrogen (secondary N) is 1. The van der Waals surface area contributed by atoms with E-state index in [2.05, 4.69) is 5.32 Å². The monoisotopic (exact) mass is 338 g/mol. The number of likely N-dealkylation sites (N-methyl/N-ethyl adjacent to an activating group) is 1. The predicted octanol–water partition coefficient (Wildman–Crippen LogP) is 1.26. The molecule has 0 saturated heterocycles. The minimum Gasteiger partial charge on any atom is -0.324 e. The van der Waals surface area contributed by atoms with Gasteiger partial charge in [0.1, 0.15) is 0 Å². The molecule has 1 aromatic rings. The van der Waals surface area contributed by atoms with Crippen LogP contribution in [0.5, 0.6) is 0 Å². The van der Waals surface area contributed by atoms with Crippen LogP contribution in [0.3, 0.4) is 0 Å². The van der Waals surface area contributed by atoms with Crippen molar-refractivity contribution in [1.82, 2.24) is 8.61 Å². The second-order valence-corrected chi connectivity index (χ2v) is 7.45. The SMILES string of the molecule is Cc1cccc(C)c1NC(=O)CN(C)S(=O)(=O)N(C)CCC#N. The molecule has 0 aliphatic heterocycles. The van der Waals surface area contributed by atoms with Crippen LogP contribution in [0.25, 0.3) is 0 Å². The molecule has 1 rings (SSSR count). The maximum Gasteiger partial charge on any atom is 0.281 e. The zero-order chi connectivity index (χ0) is 17.6. The van der Waals surface area contributed by atoms with Gasteiger partial charge in [-0.3, -0.25) is 4.79 Å². The van der Waals surface area contributed by atoms with Gasteiger partial charge in [-0.1, -0.05) is 18.2 Å². The first-order valence-corrected chi connectivity index (χ1v) is 8.50. The van der Waals surface area contributed by atoms with Crippen molar-refractivity contribution in [3.8, 4) is 6.07 Å². The zero-order valence-corrected chi connectivity index (χ0v) is 14.6. The Kier molecular flexibility index (Phi) is 6.69. The highest BCUT2D eigenvalue weighted by molar-refractivity contribution is 7.86. The summed E-state index contributed by atoms with van der Waals surface area (Å²) in [7, 11) is -1.05. The molecule has 0 spiro atoms. The Hall–Kier alpha value is -1.95. The fraction of sp³-hybridized carbons (Fsp3) is 0.467. The van der Waals surface area contributed by atoms with Gasteiger partial charge in [0.25, 0.3) is 10.2 Å². The first kappa shape index (κ1) is 19.1. The number of para-hydroxylation sites is 1. The van der Waals surface area contributed by atoms with Gasteiger partial charge >= 0.3 is 0 Å². The summed E-state index contributed by atoms with van der Waals surface area (Å²) in [4.78, 5) is 12.1. The lowest BCUT2D eigenvalue weighted by Gasteiger charge is -2.23. The number of carbonyl (C=O) groups is 1. The number of hydrogen-bond donors (Lipinski definition) is 1. The number of hydrogen-bond acceptors (Lipinski definition) is 4. The van der Waals surface area contributed by atoms with Crippen molar-refractivity contribution in [1.29, 1.82) is 5.26 Å². The molecular formula is C15H22N4O3S. The molecule has 0 unspecified atom stereocenters. The van der Waals surface area contributed by atoms with Gasteiger partial charge in [-0.05, 0) is 25.0 Å². The van der Waals surface area contributed by atoms with Crippen LogP contribution in [0.15, 0.2) is 18.2 Å². The summed E-state index contributed by atoms with van der Waals surface area (Å²) >= 11 is 0. The van der Waals surface area contributed by atoms with Crippen molar-refractivity contribution in [3.05, 3.63) is 29.3 Å². The van der Waals surface area contributed by atoms with Crippen LogP contribution >= 0.6 is 0 Å². The Morgan fingerprint density at radius 1 is 1.22 bits per heavy atom. The summed E-state index contributed by atoms with van der Waals surface area (Å²) in [6.07, 6.45) is 0.0954. The first-order valence-electron chi connectivity index (χ1n) is 7.10. The number of nitriles is 1. The molecule has 0 radical (unpaired) electrons. The molecule has 1 N–H and O–H groups in total. The van der Waals surface area contributed by atoms with E-state index in [4.69, 9.17) is 5.26 Å². The maximum atomic E-state index is 12.2. The summed E-state index contributed by atoms with van der Waals surface area (Å²) in [5.74, 6) is -0.415. The molecule has 0 aliphatic carbocycles. The van der Waals surface area contributed by atoms with Gasteiger partial charge in [0.15, 0.2) is 0 Å². The van der Waals surface area contributed by atoms with Gasteiger partial charge in [0, 0.05) is 32.7 Å². The lowest BCUT2D eigenvalue weighted by Crippen LogP contribution is -2.43. The average molecular weight is 338 g/mol. The highest BCUT2D eigenvalue weighted by Gasteiger charge is 2.25. The fourth-order valence-corrected chi connectivity index (χ4v) is 3.11. The zero-order valence-electron chi connectivity index (χ0n) is 13.8. The molecule has 7 nitrogen and oxygen atoms in total. The molecule has 0 bridgehead atoms. The summed E-state index contributed by atoms with van der Waals surface area (Å²) < 4.78 is 26.5. The quantitative estimate of drug-likeness (QED) is 0.810. The van der Waals surface area contributed by atoms with Gasteiger partial charge in [-0.15, -0.1) is 0 Å². The van der Waals surface area contributed by atoms with E-state index in [1.165, 1.54) is 14.1 Å².